The number of anilines is 6. The van der Waals surface area contributed by atoms with Gasteiger partial charge in [0.25, 0.3) is 0 Å². The summed E-state index contributed by atoms with van der Waals surface area (Å²) in [7, 11) is 0. The van der Waals surface area contributed by atoms with E-state index in [9.17, 15) is 0 Å². The van der Waals surface area contributed by atoms with Crippen molar-refractivity contribution in [2.75, 3.05) is 9.80 Å². The van der Waals surface area contributed by atoms with Crippen LogP contribution in [0.5, 0.6) is 0 Å². The molecular formula is C120H72N2OS3. The van der Waals surface area contributed by atoms with E-state index in [0.717, 1.165) is 66.9 Å². The number of thiophene rings is 3. The van der Waals surface area contributed by atoms with Crippen molar-refractivity contribution in [3.05, 3.63) is 437 Å². The highest BCUT2D eigenvalue weighted by Gasteiger charge is 2.26. The van der Waals surface area contributed by atoms with Gasteiger partial charge in [0.15, 0.2) is 0 Å². The first-order valence-corrected chi connectivity index (χ1v) is 45.5. The van der Waals surface area contributed by atoms with Gasteiger partial charge in [-0.1, -0.05) is 315 Å². The molecular weight excluding hydrogens is 1580 g/mol. The molecule has 0 bridgehead atoms. The number of rotatable bonds is 10. The van der Waals surface area contributed by atoms with Crippen molar-refractivity contribution >= 4 is 248 Å². The lowest BCUT2D eigenvalue weighted by Crippen LogP contribution is -2.11. The minimum Gasteiger partial charge on any atom is -0.455 e. The largest absolute Gasteiger partial charge is 0.455 e. The van der Waals surface area contributed by atoms with Gasteiger partial charge in [0, 0.05) is 122 Å². The molecule has 0 atom stereocenters. The van der Waals surface area contributed by atoms with Crippen molar-refractivity contribution in [1.82, 2.24) is 0 Å². The third-order valence-electron chi connectivity index (χ3n) is 26.2. The van der Waals surface area contributed by atoms with Gasteiger partial charge in [-0.25, -0.2) is 0 Å². The second kappa shape index (κ2) is 29.1. The first kappa shape index (κ1) is 72.1. The van der Waals surface area contributed by atoms with Gasteiger partial charge >= 0.3 is 0 Å². The Labute approximate surface area is 737 Å². The monoisotopic (exact) mass is 1650 g/mol. The van der Waals surface area contributed by atoms with Crippen LogP contribution in [0.2, 0.25) is 0 Å². The van der Waals surface area contributed by atoms with Crippen LogP contribution in [-0.4, -0.2) is 0 Å². The first-order valence-electron chi connectivity index (χ1n) is 43.0. The summed E-state index contributed by atoms with van der Waals surface area (Å²) in [4.78, 5) is 4.87. The van der Waals surface area contributed by atoms with Gasteiger partial charge in [0.05, 0.1) is 11.4 Å². The van der Waals surface area contributed by atoms with Crippen LogP contribution >= 0.6 is 34.0 Å². The quantitative estimate of drug-likeness (QED) is 0.127. The van der Waals surface area contributed by atoms with Gasteiger partial charge < -0.3 is 14.2 Å². The zero-order valence-corrected chi connectivity index (χ0v) is 70.5. The van der Waals surface area contributed by atoms with Crippen molar-refractivity contribution in [3.63, 3.8) is 0 Å². The Morgan fingerprint density at radius 2 is 0.651 bits per heavy atom. The number of para-hydroxylation sites is 1. The molecule has 27 aromatic rings. The number of hydrogen-bond donors (Lipinski definition) is 0. The van der Waals surface area contributed by atoms with Crippen molar-refractivity contribution in [2.24, 2.45) is 0 Å². The highest BCUT2D eigenvalue weighted by atomic mass is 32.1. The van der Waals surface area contributed by atoms with Crippen LogP contribution in [0, 0.1) is 0 Å². The van der Waals surface area contributed by atoms with E-state index in [4.69, 9.17) is 4.42 Å². The molecule has 0 aliphatic heterocycles. The molecule has 0 saturated carbocycles. The van der Waals surface area contributed by atoms with Gasteiger partial charge in [-0.2, -0.15) is 0 Å². The first-order chi connectivity index (χ1) is 62.4. The fourth-order valence-electron chi connectivity index (χ4n) is 20.2. The standard InChI is InChI=1S/C62H37NOS.C58H35NS2/c1-2-16-43(17-3-1)63(44-28-29-54-57(37-44)64-62-53-25-13-11-22-50(53)49-21-10-12-24-52(49)61(54)62)45-33-41(32-42(34-45)55-36-40-15-5-6-18-46(40)48-20-8-9-23-51(48)55)39-27-30-58-56(35-39)60-47-19-7-4-14-38(47)26-31-59(60)65-58;1-2-13-42-34-56-51(32-41(42)12-1)52-35-54(47-17-7-8-18-48(47)58(52)61-56)59(53-19-9-14-39-10-3-5-15-45(39)53)44-28-24-37(25-29-44)36-20-22-38(23-21-36)43-27-31-55-50(33-43)49-30-26-40-11-4-6-16-46(40)57(49)60-55/h1-37H;1-35H. The maximum absolute atomic E-state index is 6.98. The second-order valence-corrected chi connectivity index (χ2v) is 36.4. The summed E-state index contributed by atoms with van der Waals surface area (Å²) >= 11 is 5.67. The molecule has 23 aromatic carbocycles. The molecule has 0 amide bonds. The molecule has 586 valence electrons. The fraction of sp³-hybridized carbons (Fsp3) is 0. The second-order valence-electron chi connectivity index (χ2n) is 33.2. The third-order valence-corrected chi connectivity index (χ3v) is 29.7. The molecule has 0 N–H and O–H groups in total. The van der Waals surface area contributed by atoms with E-state index in [0.29, 0.717) is 0 Å². The molecule has 0 radical (unpaired) electrons. The molecule has 0 spiro atoms. The van der Waals surface area contributed by atoms with Crippen molar-refractivity contribution in [3.8, 4) is 44.5 Å². The van der Waals surface area contributed by atoms with E-state index < -0.39 is 0 Å². The van der Waals surface area contributed by atoms with Gasteiger partial charge in [0.1, 0.15) is 11.2 Å². The van der Waals surface area contributed by atoms with Gasteiger partial charge in [-0.3, -0.25) is 0 Å². The lowest BCUT2D eigenvalue weighted by molar-refractivity contribution is 0.673. The number of fused-ring (bicyclic) bond motifs is 28. The number of furan rings is 1. The highest BCUT2D eigenvalue weighted by molar-refractivity contribution is 7.27. The van der Waals surface area contributed by atoms with Crippen molar-refractivity contribution in [1.29, 1.82) is 0 Å². The molecule has 4 aromatic heterocycles. The van der Waals surface area contributed by atoms with Gasteiger partial charge in [-0.05, 0) is 235 Å². The minimum atomic E-state index is 0.860. The summed E-state index contributed by atoms with van der Waals surface area (Å²) in [6, 6.07) is 161. The zero-order valence-electron chi connectivity index (χ0n) is 68.1. The maximum atomic E-state index is 6.98. The van der Waals surface area contributed by atoms with Crippen molar-refractivity contribution in [2.45, 2.75) is 0 Å². The molecule has 6 heteroatoms. The molecule has 3 nitrogen and oxygen atoms in total. The SMILES string of the molecule is c1ccc(N(c2cc(-c3ccc4sc5ccc6ccccc6c5c4c3)cc(-c3cc4ccccc4c4ccccc34)c2)c2ccc3c(c2)oc2c4ccccc4c4ccccc4c32)cc1.c1ccc2cc3c(cc2c1)sc1c2ccccc2c(N(c2ccc(-c4ccc(-c5ccc6sc7c8ccccc8ccc7c6c5)cc4)cc2)c2cccc4ccccc24)cc31. The molecule has 0 aliphatic carbocycles. The van der Waals surface area contributed by atoms with E-state index in [2.05, 4.69) is 447 Å². The van der Waals surface area contributed by atoms with E-state index in [1.54, 1.807) is 0 Å². The Kier molecular flexibility index (Phi) is 16.6. The lowest BCUT2D eigenvalue weighted by atomic mass is 9.91. The average molecular weight is 1650 g/mol. The summed E-state index contributed by atoms with van der Waals surface area (Å²) in [5.41, 5.74) is 17.9. The van der Waals surface area contributed by atoms with E-state index >= 15 is 0 Å². The number of nitrogens with zero attached hydrogens (tertiary/aromatic N) is 2. The minimum absolute atomic E-state index is 0.860. The van der Waals surface area contributed by atoms with Crippen LogP contribution < -0.4 is 9.80 Å². The smallest absolute Gasteiger partial charge is 0.143 e. The molecule has 0 aliphatic rings. The van der Waals surface area contributed by atoms with Gasteiger partial charge in [0.2, 0.25) is 0 Å². The summed E-state index contributed by atoms with van der Waals surface area (Å²) in [5.74, 6) is 0. The topological polar surface area (TPSA) is 19.6 Å². The Bertz CT molecular complexity index is 9190. The lowest BCUT2D eigenvalue weighted by Gasteiger charge is -2.28. The van der Waals surface area contributed by atoms with E-state index in [1.165, 1.54) is 191 Å². The van der Waals surface area contributed by atoms with E-state index in [-0.39, 0.29) is 0 Å². The Hall–Kier alpha value is -15.5. The summed E-state index contributed by atoms with van der Waals surface area (Å²) in [6.07, 6.45) is 0. The zero-order chi connectivity index (χ0) is 82.6. The molecule has 0 fully saturated rings. The fourth-order valence-corrected chi connectivity index (χ4v) is 23.8. The van der Waals surface area contributed by atoms with Crippen LogP contribution in [0.3, 0.4) is 0 Å². The Balaban J connectivity index is 0.000000134. The molecule has 0 unspecified atom stereocenters. The normalized spacial score (nSPS) is 12.0. The summed E-state index contributed by atoms with van der Waals surface area (Å²) in [6.45, 7) is 0. The Morgan fingerprint density at radius 3 is 1.40 bits per heavy atom. The van der Waals surface area contributed by atoms with Crippen LogP contribution in [0.4, 0.5) is 34.1 Å². The van der Waals surface area contributed by atoms with Crippen LogP contribution in [-0.2, 0) is 0 Å². The maximum Gasteiger partial charge on any atom is 0.143 e. The molecule has 27 rings (SSSR count). The van der Waals surface area contributed by atoms with E-state index in [1.807, 2.05) is 34.0 Å². The predicted molar refractivity (Wildman–Crippen MR) is 547 cm³/mol. The van der Waals surface area contributed by atoms with Crippen molar-refractivity contribution < 1.29 is 4.42 Å². The van der Waals surface area contributed by atoms with Crippen LogP contribution in [0.15, 0.2) is 441 Å². The molecule has 0 saturated heterocycles. The molecule has 126 heavy (non-hydrogen) atoms. The highest BCUT2D eigenvalue weighted by Crippen LogP contribution is 2.52. The number of benzene rings is 23. The number of hydrogen-bond acceptors (Lipinski definition) is 6. The summed E-state index contributed by atoms with van der Waals surface area (Å²) in [5, 5.41) is 32.6. The summed E-state index contributed by atoms with van der Waals surface area (Å²) < 4.78 is 14.9. The Morgan fingerprint density at radius 1 is 0.175 bits per heavy atom. The molecule has 4 heterocycles. The predicted octanol–water partition coefficient (Wildman–Crippen LogP) is 36.4. The average Bonchev–Trinajstić information content (AvgIpc) is 1.59. The van der Waals surface area contributed by atoms with Gasteiger partial charge in [-0.15, -0.1) is 34.0 Å². The third kappa shape index (κ3) is 11.8. The van der Waals surface area contributed by atoms with Crippen LogP contribution in [0.1, 0.15) is 0 Å². The van der Waals surface area contributed by atoms with Crippen LogP contribution in [0.25, 0.3) is 224 Å².